The Morgan fingerprint density at radius 1 is 0.939 bits per heavy atom. The van der Waals surface area contributed by atoms with E-state index in [1.165, 1.54) is 12.1 Å². The highest BCUT2D eigenvalue weighted by Crippen LogP contribution is 2.30. The molecule has 0 spiro atoms. The van der Waals surface area contributed by atoms with Crippen molar-refractivity contribution in [3.05, 3.63) is 114 Å². The van der Waals surface area contributed by atoms with Crippen LogP contribution in [0, 0.1) is 0 Å². The fourth-order valence-electron chi connectivity index (χ4n) is 5.79. The van der Waals surface area contributed by atoms with E-state index in [4.69, 9.17) is 4.74 Å². The largest absolute Gasteiger partial charge is 0.506 e. The van der Waals surface area contributed by atoms with Crippen LogP contribution in [0.15, 0.2) is 97.1 Å². The Labute approximate surface area is 286 Å². The molecule has 1 fully saturated rings. The first-order valence-electron chi connectivity index (χ1n) is 16.4. The third-order valence-electron chi connectivity index (χ3n) is 8.72. The Balaban J connectivity index is 0.997. The minimum atomic E-state index is -0.841. The van der Waals surface area contributed by atoms with Gasteiger partial charge in [0, 0.05) is 50.4 Å². The highest BCUT2D eigenvalue weighted by Gasteiger charge is 2.33. The van der Waals surface area contributed by atoms with Gasteiger partial charge >= 0.3 is 6.09 Å². The predicted molar refractivity (Wildman–Crippen MR) is 189 cm³/mol. The molecule has 0 bridgehead atoms. The van der Waals surface area contributed by atoms with E-state index < -0.39 is 17.8 Å². The Hall–Kier alpha value is -5.23. The summed E-state index contributed by atoms with van der Waals surface area (Å²) in [6.45, 7) is 5.39. The lowest BCUT2D eigenvalue weighted by Gasteiger charge is -2.38. The molecule has 4 aromatic carbocycles. The van der Waals surface area contributed by atoms with E-state index in [-0.39, 0.29) is 23.9 Å². The number of aromatic hydroxyl groups is 1. The molecule has 4 aromatic rings. The SMILES string of the molecule is CC1(OC(=O)Nc2ccccc2-c2ccccc2)CCN(CCNC(=O)c2ccc(CNC[C@@H](O)c3ccc(O)c(NC=O)c3)cc2)CC1. The van der Waals surface area contributed by atoms with Crippen molar-refractivity contribution in [3.63, 3.8) is 0 Å². The third-order valence-corrected chi connectivity index (χ3v) is 8.72. The number of benzene rings is 4. The molecule has 256 valence electrons. The number of amides is 3. The summed E-state index contributed by atoms with van der Waals surface area (Å²) in [6, 6.07) is 29.4. The molecule has 0 aromatic heterocycles. The van der Waals surface area contributed by atoms with Crippen LogP contribution in [0.5, 0.6) is 5.75 Å². The van der Waals surface area contributed by atoms with Crippen LogP contribution in [0.2, 0.25) is 0 Å². The summed E-state index contributed by atoms with van der Waals surface area (Å²) in [5.41, 5.74) is 4.36. The Morgan fingerprint density at radius 3 is 2.39 bits per heavy atom. The fourth-order valence-corrected chi connectivity index (χ4v) is 5.79. The molecule has 1 saturated heterocycles. The highest BCUT2D eigenvalue weighted by molar-refractivity contribution is 5.94. The quantitative estimate of drug-likeness (QED) is 0.0786. The zero-order chi connectivity index (χ0) is 34.6. The second-order valence-corrected chi connectivity index (χ2v) is 12.4. The van der Waals surface area contributed by atoms with Crippen molar-refractivity contribution in [2.45, 2.75) is 38.0 Å². The van der Waals surface area contributed by atoms with E-state index in [0.717, 1.165) is 29.8 Å². The number of para-hydroxylation sites is 1. The van der Waals surface area contributed by atoms with Gasteiger partial charge in [0.1, 0.15) is 11.4 Å². The number of nitrogens with one attached hydrogen (secondary N) is 4. The van der Waals surface area contributed by atoms with Gasteiger partial charge in [0.2, 0.25) is 6.41 Å². The molecule has 3 amide bonds. The summed E-state index contributed by atoms with van der Waals surface area (Å²) in [4.78, 5) is 38.6. The van der Waals surface area contributed by atoms with Crippen molar-refractivity contribution < 1.29 is 29.3 Å². The normalized spacial score (nSPS) is 14.7. The first kappa shape index (κ1) is 35.1. The van der Waals surface area contributed by atoms with Gasteiger partial charge in [-0.1, -0.05) is 66.7 Å². The molecular formula is C38H43N5O6. The van der Waals surface area contributed by atoms with E-state index in [1.807, 2.05) is 73.7 Å². The van der Waals surface area contributed by atoms with Crippen molar-refractivity contribution in [2.75, 3.05) is 43.4 Å². The minimum absolute atomic E-state index is 0.0788. The molecule has 1 heterocycles. The number of hydrogen-bond donors (Lipinski definition) is 6. The fraction of sp³-hybridized carbons (Fsp3) is 0.289. The molecule has 11 nitrogen and oxygen atoms in total. The number of aliphatic hydroxyl groups is 1. The van der Waals surface area contributed by atoms with Crippen molar-refractivity contribution >= 4 is 29.8 Å². The molecule has 1 aliphatic rings. The monoisotopic (exact) mass is 665 g/mol. The molecule has 49 heavy (non-hydrogen) atoms. The summed E-state index contributed by atoms with van der Waals surface area (Å²) in [7, 11) is 0. The molecule has 6 N–H and O–H groups in total. The van der Waals surface area contributed by atoms with Crippen molar-refractivity contribution in [1.82, 2.24) is 15.5 Å². The van der Waals surface area contributed by atoms with Gasteiger partial charge in [0.05, 0.1) is 17.5 Å². The summed E-state index contributed by atoms with van der Waals surface area (Å²) < 4.78 is 5.92. The second kappa shape index (κ2) is 16.7. The summed E-state index contributed by atoms with van der Waals surface area (Å²) in [6.07, 6.45) is 0.532. The summed E-state index contributed by atoms with van der Waals surface area (Å²) in [5.74, 6) is -0.232. The van der Waals surface area contributed by atoms with Crippen LogP contribution in [0.4, 0.5) is 16.2 Å². The Morgan fingerprint density at radius 2 is 1.65 bits per heavy atom. The van der Waals surface area contributed by atoms with Gasteiger partial charge in [0.25, 0.3) is 5.91 Å². The third kappa shape index (κ3) is 9.89. The molecule has 0 unspecified atom stereocenters. The van der Waals surface area contributed by atoms with Gasteiger partial charge < -0.3 is 35.8 Å². The van der Waals surface area contributed by atoms with E-state index >= 15 is 0 Å². The van der Waals surface area contributed by atoms with Crippen LogP contribution in [-0.2, 0) is 16.1 Å². The first-order valence-corrected chi connectivity index (χ1v) is 16.4. The number of rotatable bonds is 14. The van der Waals surface area contributed by atoms with Crippen LogP contribution >= 0.6 is 0 Å². The number of hydrogen-bond acceptors (Lipinski definition) is 8. The number of nitrogens with zero attached hydrogens (tertiary/aromatic N) is 1. The molecule has 0 radical (unpaired) electrons. The summed E-state index contributed by atoms with van der Waals surface area (Å²) in [5, 5.41) is 31.8. The lowest BCUT2D eigenvalue weighted by atomic mass is 9.93. The number of piperidine rings is 1. The molecular weight excluding hydrogens is 622 g/mol. The zero-order valence-electron chi connectivity index (χ0n) is 27.5. The van der Waals surface area contributed by atoms with Crippen LogP contribution in [-0.4, -0.2) is 71.8 Å². The number of phenolic OH excluding ortho intramolecular Hbond substituents is 1. The molecule has 1 atom stereocenters. The number of likely N-dealkylation sites (tertiary alicyclic amines) is 1. The smallest absolute Gasteiger partial charge is 0.412 e. The topological polar surface area (TPSA) is 152 Å². The zero-order valence-corrected chi connectivity index (χ0v) is 27.5. The van der Waals surface area contributed by atoms with Crippen molar-refractivity contribution in [3.8, 4) is 16.9 Å². The predicted octanol–water partition coefficient (Wildman–Crippen LogP) is 5.28. The van der Waals surface area contributed by atoms with Crippen LogP contribution in [0.1, 0.15) is 47.4 Å². The van der Waals surface area contributed by atoms with Gasteiger partial charge in [-0.2, -0.15) is 0 Å². The Bertz CT molecular complexity index is 1710. The standard InChI is InChI=1S/C38H43N5O6/c1-38(49-37(48)42-32-10-6-5-9-31(32)28-7-3-2-4-8-28)17-20-43(21-18-38)22-19-40-36(47)29-13-11-27(12-14-29)24-39-25-35(46)30-15-16-34(45)33(23-30)41-26-44/h2-16,23,26,35,39,45-46H,17-22,24-25H2,1H3,(H,40,47)(H,41,44)(H,42,48)/t35-/m1/s1. The van der Waals surface area contributed by atoms with E-state index in [9.17, 15) is 24.6 Å². The molecule has 5 rings (SSSR count). The van der Waals surface area contributed by atoms with Gasteiger partial charge in [-0.15, -0.1) is 0 Å². The van der Waals surface area contributed by atoms with E-state index in [0.29, 0.717) is 55.7 Å². The average Bonchev–Trinajstić information content (AvgIpc) is 3.11. The van der Waals surface area contributed by atoms with Crippen LogP contribution < -0.4 is 21.3 Å². The molecule has 0 aliphatic carbocycles. The number of carbonyl (C=O) groups excluding carboxylic acids is 3. The summed E-state index contributed by atoms with van der Waals surface area (Å²) >= 11 is 0. The second-order valence-electron chi connectivity index (χ2n) is 12.4. The van der Waals surface area contributed by atoms with Crippen LogP contribution in [0.25, 0.3) is 11.1 Å². The highest BCUT2D eigenvalue weighted by atomic mass is 16.6. The van der Waals surface area contributed by atoms with Gasteiger partial charge in [-0.05, 0) is 66.8 Å². The van der Waals surface area contributed by atoms with Crippen LogP contribution in [0.3, 0.4) is 0 Å². The molecule has 11 heteroatoms. The first-order chi connectivity index (χ1) is 23.7. The Kier molecular flexibility index (Phi) is 12.0. The number of phenols is 1. The molecule has 1 aliphatic heterocycles. The number of ether oxygens (including phenoxy) is 1. The minimum Gasteiger partial charge on any atom is -0.506 e. The maximum Gasteiger partial charge on any atom is 0.412 e. The lowest BCUT2D eigenvalue weighted by molar-refractivity contribution is -0.105. The van der Waals surface area contributed by atoms with Crippen molar-refractivity contribution in [2.24, 2.45) is 0 Å². The number of carbonyl (C=O) groups is 3. The van der Waals surface area contributed by atoms with E-state index in [1.54, 1.807) is 18.2 Å². The number of aliphatic hydroxyl groups excluding tert-OH is 1. The van der Waals surface area contributed by atoms with Crippen molar-refractivity contribution in [1.29, 1.82) is 0 Å². The maximum atomic E-state index is 12.9. The number of anilines is 2. The molecule has 0 saturated carbocycles. The van der Waals surface area contributed by atoms with Gasteiger partial charge in [0.15, 0.2) is 0 Å². The van der Waals surface area contributed by atoms with E-state index in [2.05, 4.69) is 26.2 Å². The van der Waals surface area contributed by atoms with Gasteiger partial charge in [-0.3, -0.25) is 14.9 Å². The lowest BCUT2D eigenvalue weighted by Crippen LogP contribution is -2.47. The van der Waals surface area contributed by atoms with Gasteiger partial charge in [-0.25, -0.2) is 4.79 Å². The average molecular weight is 666 g/mol. The maximum absolute atomic E-state index is 12.9.